The van der Waals surface area contributed by atoms with E-state index in [9.17, 15) is 27.9 Å². The molecule has 29 heavy (non-hydrogen) atoms. The van der Waals surface area contributed by atoms with Crippen molar-refractivity contribution in [1.29, 1.82) is 0 Å². The lowest BCUT2D eigenvalue weighted by molar-refractivity contribution is -0.137. The molecule has 0 aliphatic carbocycles. The van der Waals surface area contributed by atoms with Crippen molar-refractivity contribution in [2.75, 3.05) is 6.54 Å². The summed E-state index contributed by atoms with van der Waals surface area (Å²) < 4.78 is 40.6. The highest BCUT2D eigenvalue weighted by Gasteiger charge is 2.39. The van der Waals surface area contributed by atoms with Crippen LogP contribution in [0.25, 0.3) is 11.1 Å². The molecular weight excluding hydrogens is 385 g/mol. The largest absolute Gasteiger partial charge is 0.417 e. The number of aliphatic hydroxyl groups excluding tert-OH is 1. The van der Waals surface area contributed by atoms with Gasteiger partial charge in [0.05, 0.1) is 11.7 Å². The van der Waals surface area contributed by atoms with E-state index in [0.29, 0.717) is 5.56 Å². The summed E-state index contributed by atoms with van der Waals surface area (Å²) in [5.41, 5.74) is 4.75. The maximum absolute atomic E-state index is 13.5. The second kappa shape index (κ2) is 7.97. The van der Waals surface area contributed by atoms with E-state index in [4.69, 9.17) is 5.73 Å². The fourth-order valence-corrected chi connectivity index (χ4v) is 3.27. The first-order valence-electron chi connectivity index (χ1n) is 8.75. The minimum atomic E-state index is -4.61. The number of carbonyl (C=O) groups excluding carboxylic acids is 2. The number of hydrogen-bond acceptors (Lipinski definition) is 3. The normalized spacial score (nSPS) is 18.8. The molecule has 0 saturated carbocycles. The lowest BCUT2D eigenvalue weighted by Crippen LogP contribution is -2.47. The maximum atomic E-state index is 13.5. The number of amides is 2. The van der Waals surface area contributed by atoms with Gasteiger partial charge in [0.15, 0.2) is 0 Å². The highest BCUT2D eigenvalue weighted by molar-refractivity contribution is 5.98. The average molecular weight is 402 g/mol. The monoisotopic (exact) mass is 402 g/mol. The van der Waals surface area contributed by atoms with Crippen LogP contribution in [0.15, 0.2) is 48.5 Å². The molecule has 2 amide bonds. The molecular formula is C21H17F3N2O3. The van der Waals surface area contributed by atoms with Gasteiger partial charge in [-0.2, -0.15) is 13.2 Å². The molecule has 8 heteroatoms. The minimum Gasteiger partial charge on any atom is -0.390 e. The number of aliphatic hydroxyl groups is 1. The Kier molecular flexibility index (Phi) is 5.62. The number of alkyl halides is 3. The number of hydrogen-bond donors (Lipinski definition) is 2. The number of rotatable bonds is 2. The second-order valence-corrected chi connectivity index (χ2v) is 6.58. The Labute approximate surface area is 164 Å². The van der Waals surface area contributed by atoms with Crippen molar-refractivity contribution in [3.8, 4) is 23.0 Å². The Hall–Kier alpha value is -3.31. The van der Waals surface area contributed by atoms with E-state index >= 15 is 0 Å². The number of halogens is 3. The van der Waals surface area contributed by atoms with Gasteiger partial charge in [-0.1, -0.05) is 42.3 Å². The number of primary amides is 1. The third-order valence-corrected chi connectivity index (χ3v) is 4.64. The van der Waals surface area contributed by atoms with Crippen molar-refractivity contribution in [2.24, 2.45) is 5.73 Å². The molecule has 2 aromatic carbocycles. The van der Waals surface area contributed by atoms with E-state index in [-0.39, 0.29) is 24.1 Å². The average Bonchev–Trinajstić information content (AvgIpc) is 3.08. The van der Waals surface area contributed by atoms with Crippen molar-refractivity contribution in [3.63, 3.8) is 0 Å². The minimum absolute atomic E-state index is 0.000673. The Morgan fingerprint density at radius 1 is 1.14 bits per heavy atom. The van der Waals surface area contributed by atoms with Crippen LogP contribution in [0.2, 0.25) is 0 Å². The Morgan fingerprint density at radius 2 is 1.83 bits per heavy atom. The van der Waals surface area contributed by atoms with E-state index in [2.05, 4.69) is 11.8 Å². The zero-order chi connectivity index (χ0) is 21.2. The number of carbonyl (C=O) groups is 2. The molecule has 1 heterocycles. The summed E-state index contributed by atoms with van der Waals surface area (Å²) in [5.74, 6) is 3.00. The highest BCUT2D eigenvalue weighted by atomic mass is 19.4. The molecule has 0 spiro atoms. The molecule has 2 atom stereocenters. The second-order valence-electron chi connectivity index (χ2n) is 6.58. The van der Waals surface area contributed by atoms with Crippen LogP contribution in [0.5, 0.6) is 0 Å². The zero-order valence-electron chi connectivity index (χ0n) is 15.1. The number of nitrogens with zero attached hydrogens (tertiary/aromatic N) is 1. The first kappa shape index (κ1) is 20.4. The predicted molar refractivity (Wildman–Crippen MR) is 99.1 cm³/mol. The first-order chi connectivity index (χ1) is 13.7. The summed E-state index contributed by atoms with van der Waals surface area (Å²) in [7, 11) is 0. The van der Waals surface area contributed by atoms with Crippen LogP contribution in [0.3, 0.4) is 0 Å². The van der Waals surface area contributed by atoms with Crippen LogP contribution in [0.4, 0.5) is 13.2 Å². The molecule has 0 unspecified atom stereocenters. The van der Waals surface area contributed by atoms with Crippen molar-refractivity contribution in [2.45, 2.75) is 24.7 Å². The predicted octanol–water partition coefficient (Wildman–Crippen LogP) is 2.17. The van der Waals surface area contributed by atoms with Gasteiger partial charge in [-0.3, -0.25) is 9.59 Å². The standard InChI is InChI=1S/C21H17F3N2O3/c22-21(23,24)16-12-13(6-8-15(16)14-4-2-1-3-5-14)7-9-18(28)26-11-10-17(27)19(26)20(25)29/h1-6,8,12,17,19,27H,10-11H2,(H2,25,29)/t17-,19-/m0/s1. The summed E-state index contributed by atoms with van der Waals surface area (Å²) in [6.45, 7) is 0.0863. The van der Waals surface area contributed by atoms with Gasteiger partial charge in [0.25, 0.3) is 5.91 Å². The maximum Gasteiger partial charge on any atom is 0.417 e. The van der Waals surface area contributed by atoms with Crippen LogP contribution in [-0.2, 0) is 15.8 Å². The molecule has 2 aromatic rings. The smallest absolute Gasteiger partial charge is 0.390 e. The van der Waals surface area contributed by atoms with E-state index in [1.54, 1.807) is 30.3 Å². The van der Waals surface area contributed by atoms with Gasteiger partial charge in [0.2, 0.25) is 5.91 Å². The molecule has 3 rings (SSSR count). The van der Waals surface area contributed by atoms with Crippen LogP contribution in [0.1, 0.15) is 17.5 Å². The van der Waals surface area contributed by atoms with Gasteiger partial charge in [0, 0.05) is 18.0 Å². The quantitative estimate of drug-likeness (QED) is 0.756. The summed E-state index contributed by atoms with van der Waals surface area (Å²) in [6.07, 6.45) is -5.52. The highest BCUT2D eigenvalue weighted by Crippen LogP contribution is 2.37. The van der Waals surface area contributed by atoms with Gasteiger partial charge in [-0.15, -0.1) is 0 Å². The molecule has 1 saturated heterocycles. The van der Waals surface area contributed by atoms with Crippen LogP contribution in [0, 0.1) is 11.8 Å². The lowest BCUT2D eigenvalue weighted by Gasteiger charge is -2.20. The summed E-state index contributed by atoms with van der Waals surface area (Å²) >= 11 is 0. The topological polar surface area (TPSA) is 83.6 Å². The lowest BCUT2D eigenvalue weighted by atomic mass is 9.97. The van der Waals surface area contributed by atoms with Crippen molar-refractivity contribution in [3.05, 3.63) is 59.7 Å². The van der Waals surface area contributed by atoms with Crippen LogP contribution in [-0.4, -0.2) is 40.5 Å². The summed E-state index contributed by atoms with van der Waals surface area (Å²) in [5, 5.41) is 9.76. The molecule has 3 N–H and O–H groups in total. The molecule has 1 aliphatic heterocycles. The van der Waals surface area contributed by atoms with Gasteiger partial charge < -0.3 is 15.7 Å². The van der Waals surface area contributed by atoms with E-state index < -0.39 is 35.7 Å². The molecule has 0 bridgehead atoms. The van der Waals surface area contributed by atoms with Gasteiger partial charge >= 0.3 is 6.18 Å². The molecule has 0 radical (unpaired) electrons. The van der Waals surface area contributed by atoms with Gasteiger partial charge in [0.1, 0.15) is 6.04 Å². The number of benzene rings is 2. The zero-order valence-corrected chi connectivity index (χ0v) is 15.1. The molecule has 1 fully saturated rings. The Bertz CT molecular complexity index is 994. The fourth-order valence-electron chi connectivity index (χ4n) is 3.27. The summed E-state index contributed by atoms with van der Waals surface area (Å²) in [6, 6.07) is 10.5. The third-order valence-electron chi connectivity index (χ3n) is 4.64. The van der Waals surface area contributed by atoms with E-state index in [1.807, 2.05) is 0 Å². The Morgan fingerprint density at radius 3 is 2.45 bits per heavy atom. The first-order valence-corrected chi connectivity index (χ1v) is 8.75. The van der Waals surface area contributed by atoms with Crippen molar-refractivity contribution >= 4 is 11.8 Å². The van der Waals surface area contributed by atoms with E-state index in [1.165, 1.54) is 12.1 Å². The number of likely N-dealkylation sites (tertiary alicyclic amines) is 1. The molecule has 150 valence electrons. The van der Waals surface area contributed by atoms with Gasteiger partial charge in [-0.25, -0.2) is 0 Å². The van der Waals surface area contributed by atoms with Gasteiger partial charge in [-0.05, 0) is 29.7 Å². The van der Waals surface area contributed by atoms with Crippen molar-refractivity contribution in [1.82, 2.24) is 4.90 Å². The molecule has 0 aromatic heterocycles. The van der Waals surface area contributed by atoms with E-state index in [0.717, 1.165) is 11.0 Å². The SMILES string of the molecule is NC(=O)[C@@H]1[C@@H](O)CCN1C(=O)C#Cc1ccc(-c2ccccc2)c(C(F)(F)F)c1. The molecule has 5 nitrogen and oxygen atoms in total. The van der Waals surface area contributed by atoms with Crippen molar-refractivity contribution < 1.29 is 27.9 Å². The third kappa shape index (κ3) is 4.41. The number of nitrogens with two attached hydrogens (primary N) is 1. The Balaban J connectivity index is 1.92. The fraction of sp³-hybridized carbons (Fsp3) is 0.238. The van der Waals surface area contributed by atoms with Crippen LogP contribution >= 0.6 is 0 Å². The summed E-state index contributed by atoms with van der Waals surface area (Å²) in [4.78, 5) is 24.7. The van der Waals surface area contributed by atoms with Crippen LogP contribution < -0.4 is 5.73 Å². The molecule has 1 aliphatic rings.